The van der Waals surface area contributed by atoms with Crippen molar-refractivity contribution in [1.29, 1.82) is 0 Å². The van der Waals surface area contributed by atoms with Crippen molar-refractivity contribution in [3.05, 3.63) is 79.0 Å². The molecule has 3 rings (SSSR count). The fraction of sp³-hybridized carbons (Fsp3) is 0. The van der Waals surface area contributed by atoms with Gasteiger partial charge in [-0.2, -0.15) is 0 Å². The number of nitrogens with zero attached hydrogens (tertiary/aromatic N) is 1. The monoisotopic (exact) mass is 423 g/mol. The summed E-state index contributed by atoms with van der Waals surface area (Å²) in [6.45, 7) is 0. The largest absolute Gasteiger partial charge is 0.304 e. The van der Waals surface area contributed by atoms with Gasteiger partial charge in [-0.05, 0) is 22.9 Å². The van der Waals surface area contributed by atoms with Gasteiger partial charge in [0.15, 0.2) is 0 Å². The van der Waals surface area contributed by atoms with Crippen molar-refractivity contribution in [3.8, 4) is 22.4 Å². The van der Waals surface area contributed by atoms with E-state index >= 15 is 0 Å². The fourth-order valence-corrected chi connectivity index (χ4v) is 2.01. The predicted octanol–water partition coefficient (Wildman–Crippen LogP) is 4.21. The molecule has 19 heavy (non-hydrogen) atoms. The first-order valence-electron chi connectivity index (χ1n) is 5.93. The van der Waals surface area contributed by atoms with Crippen LogP contribution >= 0.6 is 0 Å². The Morgan fingerprint density at radius 1 is 0.789 bits per heavy atom. The van der Waals surface area contributed by atoms with Crippen LogP contribution in [0.5, 0.6) is 0 Å². The van der Waals surface area contributed by atoms with Crippen LogP contribution in [0.4, 0.5) is 0 Å². The molecule has 0 saturated carbocycles. The third-order valence-corrected chi connectivity index (χ3v) is 2.86. The Bertz CT molecular complexity index is 577. The molecule has 1 heterocycles. The van der Waals surface area contributed by atoms with Crippen LogP contribution in [0.1, 0.15) is 0 Å². The number of hydrogen-bond donors (Lipinski definition) is 0. The second-order valence-electron chi connectivity index (χ2n) is 4.04. The summed E-state index contributed by atoms with van der Waals surface area (Å²) in [5.41, 5.74) is 4.32. The Morgan fingerprint density at radius 3 is 2.32 bits per heavy atom. The molecule has 0 aliphatic rings. The molecule has 0 fully saturated rings. The van der Waals surface area contributed by atoms with E-state index < -0.39 is 0 Å². The Balaban J connectivity index is 0.00000133. The molecule has 0 spiro atoms. The van der Waals surface area contributed by atoms with Crippen LogP contribution in [0.3, 0.4) is 0 Å². The Morgan fingerprint density at radius 2 is 1.58 bits per heavy atom. The minimum Gasteiger partial charge on any atom is -0.304 e. The maximum absolute atomic E-state index is 4.49. The number of hydrogen-bond acceptors (Lipinski definition) is 1. The zero-order valence-corrected chi connectivity index (χ0v) is 12.6. The first kappa shape index (κ1) is 13.7. The molecule has 0 amide bonds. The molecular formula is C17H12IrN-. The number of benzene rings is 2. The predicted molar refractivity (Wildman–Crippen MR) is 73.9 cm³/mol. The SMILES string of the molecule is [Ir].[c-]1ccccc1-c1ncccc1-c1ccccc1. The van der Waals surface area contributed by atoms with E-state index in [4.69, 9.17) is 0 Å². The molecule has 0 aliphatic carbocycles. The van der Waals surface area contributed by atoms with Gasteiger partial charge in [-0.3, -0.25) is 0 Å². The summed E-state index contributed by atoms with van der Waals surface area (Å²) in [5.74, 6) is 0. The van der Waals surface area contributed by atoms with Crippen molar-refractivity contribution < 1.29 is 20.1 Å². The third-order valence-electron chi connectivity index (χ3n) is 2.86. The molecule has 0 N–H and O–H groups in total. The summed E-state index contributed by atoms with van der Waals surface area (Å²) in [4.78, 5) is 4.49. The summed E-state index contributed by atoms with van der Waals surface area (Å²) in [7, 11) is 0. The molecule has 1 nitrogen and oxygen atoms in total. The Kier molecular flexibility index (Phi) is 4.62. The molecule has 0 unspecified atom stereocenters. The molecular weight excluding hydrogens is 410 g/mol. The minimum absolute atomic E-state index is 0. The maximum atomic E-state index is 4.49. The van der Waals surface area contributed by atoms with Crippen molar-refractivity contribution in [2.45, 2.75) is 0 Å². The van der Waals surface area contributed by atoms with Crippen molar-refractivity contribution in [2.24, 2.45) is 0 Å². The van der Waals surface area contributed by atoms with Crippen LogP contribution in [0.15, 0.2) is 72.9 Å². The Labute approximate surface area is 126 Å². The molecule has 3 aromatic rings. The first-order chi connectivity index (χ1) is 8.95. The maximum Gasteiger partial charge on any atom is 0.0161 e. The molecule has 2 heteroatoms. The van der Waals surface area contributed by atoms with E-state index in [1.54, 1.807) is 0 Å². The van der Waals surface area contributed by atoms with Crippen molar-refractivity contribution in [1.82, 2.24) is 4.98 Å². The van der Waals surface area contributed by atoms with E-state index in [0.29, 0.717) is 0 Å². The molecule has 0 saturated heterocycles. The summed E-state index contributed by atoms with van der Waals surface area (Å²) < 4.78 is 0. The van der Waals surface area contributed by atoms with Crippen molar-refractivity contribution in [2.75, 3.05) is 0 Å². The second kappa shape index (κ2) is 6.42. The van der Waals surface area contributed by atoms with Crippen LogP contribution in [-0.4, -0.2) is 4.98 Å². The number of rotatable bonds is 2. The quantitative estimate of drug-likeness (QED) is 0.564. The van der Waals surface area contributed by atoms with E-state index in [1.807, 2.05) is 54.7 Å². The molecule has 0 atom stereocenters. The number of aromatic nitrogens is 1. The van der Waals surface area contributed by atoms with Crippen LogP contribution < -0.4 is 0 Å². The van der Waals surface area contributed by atoms with E-state index in [0.717, 1.165) is 16.8 Å². The number of pyridine rings is 1. The van der Waals surface area contributed by atoms with Crippen LogP contribution in [0, 0.1) is 6.07 Å². The molecule has 95 valence electrons. The van der Waals surface area contributed by atoms with Crippen LogP contribution in [0.25, 0.3) is 22.4 Å². The Hall–Kier alpha value is -1.76. The van der Waals surface area contributed by atoms with Gasteiger partial charge in [-0.25, -0.2) is 0 Å². The van der Waals surface area contributed by atoms with Gasteiger partial charge in [0.25, 0.3) is 0 Å². The van der Waals surface area contributed by atoms with Gasteiger partial charge in [0.05, 0.1) is 0 Å². The first-order valence-corrected chi connectivity index (χ1v) is 5.93. The van der Waals surface area contributed by atoms with Crippen molar-refractivity contribution >= 4 is 0 Å². The van der Waals surface area contributed by atoms with Gasteiger partial charge >= 0.3 is 0 Å². The average molecular weight is 423 g/mol. The normalized spacial score (nSPS) is 9.68. The van der Waals surface area contributed by atoms with E-state index in [2.05, 4.69) is 29.2 Å². The fourth-order valence-electron chi connectivity index (χ4n) is 2.01. The summed E-state index contributed by atoms with van der Waals surface area (Å²) in [6.07, 6.45) is 1.82. The van der Waals surface area contributed by atoms with E-state index in [-0.39, 0.29) is 20.1 Å². The van der Waals surface area contributed by atoms with Gasteiger partial charge < -0.3 is 4.98 Å². The molecule has 1 radical (unpaired) electrons. The molecule has 2 aromatic carbocycles. The zero-order chi connectivity index (χ0) is 12.2. The molecule has 1 aromatic heterocycles. The van der Waals surface area contributed by atoms with Crippen LogP contribution in [0.2, 0.25) is 0 Å². The van der Waals surface area contributed by atoms with Crippen molar-refractivity contribution in [3.63, 3.8) is 0 Å². The average Bonchev–Trinajstić information content (AvgIpc) is 2.49. The van der Waals surface area contributed by atoms with Gasteiger partial charge in [0, 0.05) is 26.3 Å². The second-order valence-corrected chi connectivity index (χ2v) is 4.04. The summed E-state index contributed by atoms with van der Waals surface area (Å²) in [6, 6.07) is 25.5. The van der Waals surface area contributed by atoms with Gasteiger partial charge in [-0.1, -0.05) is 36.4 Å². The van der Waals surface area contributed by atoms with E-state index in [1.165, 1.54) is 5.56 Å². The van der Waals surface area contributed by atoms with Gasteiger partial charge in [-0.15, -0.1) is 35.9 Å². The topological polar surface area (TPSA) is 12.9 Å². The minimum atomic E-state index is 0. The summed E-state index contributed by atoms with van der Waals surface area (Å²) in [5, 5.41) is 0. The van der Waals surface area contributed by atoms with Gasteiger partial charge in [0.1, 0.15) is 0 Å². The zero-order valence-electron chi connectivity index (χ0n) is 10.2. The van der Waals surface area contributed by atoms with Gasteiger partial charge in [0.2, 0.25) is 0 Å². The molecule has 0 aliphatic heterocycles. The van der Waals surface area contributed by atoms with E-state index in [9.17, 15) is 0 Å². The van der Waals surface area contributed by atoms with Crippen LogP contribution in [-0.2, 0) is 20.1 Å². The standard InChI is InChI=1S/C17H12N.Ir/c1-3-8-14(9-4-1)16-12-7-13-18-17(16)15-10-5-2-6-11-15;/h1-10,12-13H;/q-1;. The third kappa shape index (κ3) is 2.98. The molecule has 0 bridgehead atoms. The smallest absolute Gasteiger partial charge is 0.0161 e. The summed E-state index contributed by atoms with van der Waals surface area (Å²) >= 11 is 0.